The van der Waals surface area contributed by atoms with E-state index < -0.39 is 6.04 Å². The zero-order valence-corrected chi connectivity index (χ0v) is 18.0. The van der Waals surface area contributed by atoms with Crippen LogP contribution >= 0.6 is 15.9 Å². The molecule has 0 unspecified atom stereocenters. The summed E-state index contributed by atoms with van der Waals surface area (Å²) in [5, 5.41) is 0.504. The van der Waals surface area contributed by atoms with E-state index in [1.54, 1.807) is 17.0 Å². The molecule has 0 radical (unpaired) electrons. The summed E-state index contributed by atoms with van der Waals surface area (Å²) in [6, 6.07) is 14.5. The summed E-state index contributed by atoms with van der Waals surface area (Å²) in [5.74, 6) is -0.0499. The summed E-state index contributed by atoms with van der Waals surface area (Å²) >= 11 is 3.52. The molecule has 1 saturated heterocycles. The van der Waals surface area contributed by atoms with Crippen molar-refractivity contribution in [3.05, 3.63) is 80.1 Å². The third-order valence-corrected chi connectivity index (χ3v) is 6.44. The molecule has 154 valence electrons. The number of halogens is 1. The van der Waals surface area contributed by atoms with E-state index >= 15 is 0 Å². The molecule has 0 aliphatic carbocycles. The Morgan fingerprint density at radius 1 is 1.07 bits per heavy atom. The number of benzene rings is 2. The van der Waals surface area contributed by atoms with E-state index in [0.29, 0.717) is 23.1 Å². The third-order valence-electron chi connectivity index (χ3n) is 5.94. The van der Waals surface area contributed by atoms with Gasteiger partial charge in [-0.15, -0.1) is 0 Å². The minimum absolute atomic E-state index is 0.133. The van der Waals surface area contributed by atoms with Crippen molar-refractivity contribution >= 4 is 32.8 Å². The van der Waals surface area contributed by atoms with Crippen molar-refractivity contribution < 1.29 is 18.8 Å². The molecular formula is C23H22BrN2O4+. The Kier molecular flexibility index (Phi) is 5.18. The van der Waals surface area contributed by atoms with Crippen molar-refractivity contribution in [2.45, 2.75) is 6.04 Å². The molecule has 1 fully saturated rings. The maximum Gasteiger partial charge on any atom is 0.291 e. The lowest BCUT2D eigenvalue weighted by Crippen LogP contribution is -3.14. The highest BCUT2D eigenvalue weighted by atomic mass is 79.9. The number of fused-ring (bicyclic) bond motifs is 2. The van der Waals surface area contributed by atoms with Crippen LogP contribution in [0.25, 0.3) is 11.0 Å². The molecule has 6 nitrogen and oxygen atoms in total. The number of quaternary nitrogens is 1. The molecule has 2 aliphatic heterocycles. The Hall–Kier alpha value is -2.48. The van der Waals surface area contributed by atoms with Gasteiger partial charge in [0, 0.05) is 4.47 Å². The van der Waals surface area contributed by atoms with E-state index in [1.807, 2.05) is 36.4 Å². The topological polar surface area (TPSA) is 64.2 Å². The number of nitrogens with zero attached hydrogens (tertiary/aromatic N) is 1. The lowest BCUT2D eigenvalue weighted by molar-refractivity contribution is -0.907. The van der Waals surface area contributed by atoms with Crippen LogP contribution in [0.3, 0.4) is 0 Å². The number of hydrogen-bond acceptors (Lipinski definition) is 4. The van der Waals surface area contributed by atoms with E-state index in [-0.39, 0.29) is 17.1 Å². The molecule has 5 rings (SSSR count). The summed E-state index contributed by atoms with van der Waals surface area (Å²) in [6.45, 7) is 4.69. The lowest BCUT2D eigenvalue weighted by Gasteiger charge is -2.29. The zero-order valence-electron chi connectivity index (χ0n) is 16.4. The number of ether oxygens (including phenoxy) is 1. The molecule has 3 heterocycles. The third kappa shape index (κ3) is 3.37. The van der Waals surface area contributed by atoms with Crippen molar-refractivity contribution in [1.29, 1.82) is 0 Å². The number of amides is 1. The van der Waals surface area contributed by atoms with Gasteiger partial charge < -0.3 is 19.0 Å². The van der Waals surface area contributed by atoms with Gasteiger partial charge in [0.25, 0.3) is 5.91 Å². The molecule has 7 heteroatoms. The van der Waals surface area contributed by atoms with Crippen LogP contribution in [-0.2, 0) is 4.74 Å². The highest BCUT2D eigenvalue weighted by molar-refractivity contribution is 9.10. The molecule has 2 aliphatic rings. The molecule has 1 aromatic heterocycles. The predicted molar refractivity (Wildman–Crippen MR) is 116 cm³/mol. The zero-order chi connectivity index (χ0) is 20.7. The Morgan fingerprint density at radius 3 is 2.67 bits per heavy atom. The first-order valence-corrected chi connectivity index (χ1v) is 11.0. The normalized spacial score (nSPS) is 19.4. The number of carbonyl (C=O) groups is 1. The minimum Gasteiger partial charge on any atom is -0.450 e. The smallest absolute Gasteiger partial charge is 0.291 e. The Labute approximate surface area is 182 Å². The number of para-hydroxylation sites is 1. The van der Waals surface area contributed by atoms with Crippen LogP contribution < -0.4 is 10.3 Å². The van der Waals surface area contributed by atoms with E-state index in [9.17, 15) is 9.59 Å². The average Bonchev–Trinajstić information content (AvgIpc) is 3.05. The lowest BCUT2D eigenvalue weighted by atomic mass is 9.98. The molecule has 0 bridgehead atoms. The van der Waals surface area contributed by atoms with Crippen molar-refractivity contribution in [3.8, 4) is 0 Å². The van der Waals surface area contributed by atoms with Gasteiger partial charge in [-0.25, -0.2) is 0 Å². The summed E-state index contributed by atoms with van der Waals surface area (Å²) in [7, 11) is 0. The Balaban J connectivity index is 1.60. The molecule has 1 amide bonds. The first kappa shape index (κ1) is 19.5. The highest BCUT2D eigenvalue weighted by Gasteiger charge is 2.43. The van der Waals surface area contributed by atoms with Crippen molar-refractivity contribution in [2.24, 2.45) is 0 Å². The quantitative estimate of drug-likeness (QED) is 0.634. The van der Waals surface area contributed by atoms with Gasteiger partial charge >= 0.3 is 0 Å². The SMILES string of the molecule is O=C1c2oc3ccccc3c(=O)c2[C@H](c2cccc(Br)c2)N1CC[NH+]1CCOCC1. The maximum absolute atomic E-state index is 13.4. The van der Waals surface area contributed by atoms with Gasteiger partial charge in [-0.3, -0.25) is 9.59 Å². The molecule has 30 heavy (non-hydrogen) atoms. The highest BCUT2D eigenvalue weighted by Crippen LogP contribution is 2.38. The summed E-state index contributed by atoms with van der Waals surface area (Å²) in [5.41, 5.74) is 1.65. The van der Waals surface area contributed by atoms with Crippen molar-refractivity contribution in [1.82, 2.24) is 4.90 Å². The van der Waals surface area contributed by atoms with Crippen LogP contribution in [-0.4, -0.2) is 50.2 Å². The first-order chi connectivity index (χ1) is 14.6. The average molecular weight is 470 g/mol. The fourth-order valence-corrected chi connectivity index (χ4v) is 4.83. The number of nitrogens with one attached hydrogen (secondary N) is 1. The minimum atomic E-state index is -0.453. The standard InChI is InChI=1S/C23H21BrN2O4/c24-16-5-3-4-15(14-16)20-19-21(27)17-6-1-2-7-18(17)30-22(19)23(28)26(20)9-8-25-10-12-29-13-11-25/h1-7,14,20H,8-13H2/p+1/t20-/m0/s1. The van der Waals surface area contributed by atoms with Gasteiger partial charge in [0.05, 0.1) is 43.3 Å². The molecular weight excluding hydrogens is 448 g/mol. The number of hydrogen-bond donors (Lipinski definition) is 1. The van der Waals surface area contributed by atoms with Crippen LogP contribution in [0.4, 0.5) is 0 Å². The molecule has 0 spiro atoms. The number of rotatable bonds is 4. The predicted octanol–water partition coefficient (Wildman–Crippen LogP) is 2.02. The largest absolute Gasteiger partial charge is 0.450 e. The summed E-state index contributed by atoms with van der Waals surface area (Å²) in [6.07, 6.45) is 0. The maximum atomic E-state index is 13.4. The second kappa shape index (κ2) is 7.98. The van der Waals surface area contributed by atoms with Crippen LogP contribution in [0.2, 0.25) is 0 Å². The Bertz CT molecular complexity index is 1170. The fourth-order valence-electron chi connectivity index (χ4n) is 4.41. The van der Waals surface area contributed by atoms with Gasteiger partial charge in [0.15, 0.2) is 5.43 Å². The van der Waals surface area contributed by atoms with Crippen molar-refractivity contribution in [2.75, 3.05) is 39.4 Å². The number of morpholine rings is 1. The summed E-state index contributed by atoms with van der Waals surface area (Å²) < 4.78 is 12.3. The second-order valence-electron chi connectivity index (χ2n) is 7.74. The van der Waals surface area contributed by atoms with E-state index in [2.05, 4.69) is 15.9 Å². The molecule has 2 aromatic carbocycles. The monoisotopic (exact) mass is 469 g/mol. The summed E-state index contributed by atoms with van der Waals surface area (Å²) in [4.78, 5) is 30.0. The van der Waals surface area contributed by atoms with Crippen molar-refractivity contribution in [3.63, 3.8) is 0 Å². The molecule has 3 aromatic rings. The van der Waals surface area contributed by atoms with E-state index in [4.69, 9.17) is 9.15 Å². The fraction of sp³-hybridized carbons (Fsp3) is 0.304. The van der Waals surface area contributed by atoms with Gasteiger partial charge in [0.1, 0.15) is 18.7 Å². The van der Waals surface area contributed by atoms with E-state index in [0.717, 1.165) is 42.9 Å². The van der Waals surface area contributed by atoms with Crippen LogP contribution in [0, 0.1) is 0 Å². The van der Waals surface area contributed by atoms with E-state index in [1.165, 1.54) is 4.90 Å². The molecule has 1 N–H and O–H groups in total. The second-order valence-corrected chi connectivity index (χ2v) is 8.65. The molecule has 0 saturated carbocycles. The van der Waals surface area contributed by atoms with Crippen LogP contribution in [0.1, 0.15) is 27.7 Å². The van der Waals surface area contributed by atoms with Crippen LogP contribution in [0.5, 0.6) is 0 Å². The van der Waals surface area contributed by atoms with Gasteiger partial charge in [-0.1, -0.05) is 40.2 Å². The molecule has 1 atom stereocenters. The van der Waals surface area contributed by atoms with Gasteiger partial charge in [-0.2, -0.15) is 0 Å². The first-order valence-electron chi connectivity index (χ1n) is 10.2. The van der Waals surface area contributed by atoms with Gasteiger partial charge in [-0.05, 0) is 29.8 Å². The number of carbonyl (C=O) groups excluding carboxylic acids is 1. The Morgan fingerprint density at radius 2 is 1.87 bits per heavy atom. The van der Waals surface area contributed by atoms with Crippen LogP contribution in [0.15, 0.2) is 62.2 Å². The van der Waals surface area contributed by atoms with Gasteiger partial charge in [0.2, 0.25) is 5.76 Å².